The van der Waals surface area contributed by atoms with Crippen LogP contribution >= 0.6 is 12.2 Å². The third kappa shape index (κ3) is 6.38. The Balaban J connectivity index is 1.78. The Morgan fingerprint density at radius 1 is 0.913 bits per heavy atom. The second-order valence-corrected chi connectivity index (χ2v) is 6.42. The summed E-state index contributed by atoms with van der Waals surface area (Å²) in [6, 6.07) is 21.4. The minimum absolute atomic E-state index is 0.480. The van der Waals surface area contributed by atoms with Crippen LogP contribution in [0, 0.1) is 0 Å². The summed E-state index contributed by atoms with van der Waals surface area (Å²) >= 11 is 5.39. The van der Waals surface area contributed by atoms with Gasteiger partial charge in [-0.1, -0.05) is 60.7 Å². The minimum Gasteiger partial charge on any atom is -0.359 e. The largest absolute Gasteiger partial charge is 0.359 e. The summed E-state index contributed by atoms with van der Waals surface area (Å²) in [5.41, 5.74) is 2.60. The highest BCUT2D eigenvalue weighted by molar-refractivity contribution is 7.80. The van der Waals surface area contributed by atoms with Gasteiger partial charge in [0.05, 0.1) is 20.6 Å². The van der Waals surface area contributed by atoms with Crippen LogP contribution < -0.4 is 15.5 Å². The fraction of sp³-hybridized carbons (Fsp3) is 0.316. The molecule has 0 heterocycles. The van der Waals surface area contributed by atoms with E-state index in [0.717, 1.165) is 19.5 Å². The first-order chi connectivity index (χ1) is 11.1. The van der Waals surface area contributed by atoms with Crippen molar-refractivity contribution < 1.29 is 4.90 Å². The molecule has 3 nitrogen and oxygen atoms in total. The van der Waals surface area contributed by atoms with Crippen LogP contribution in [0.5, 0.6) is 0 Å². The van der Waals surface area contributed by atoms with Gasteiger partial charge in [-0.3, -0.25) is 0 Å². The predicted octanol–water partition coefficient (Wildman–Crippen LogP) is 1.41. The molecule has 0 amide bonds. The van der Waals surface area contributed by atoms with Crippen LogP contribution in [0.4, 0.5) is 0 Å². The number of hydrogen-bond donors (Lipinski definition) is 3. The lowest BCUT2D eigenvalue weighted by Crippen LogP contribution is -3.11. The van der Waals surface area contributed by atoms with Gasteiger partial charge in [0, 0.05) is 13.0 Å². The van der Waals surface area contributed by atoms with E-state index in [1.165, 1.54) is 16.0 Å². The Hall–Kier alpha value is -1.91. The maximum absolute atomic E-state index is 5.39. The Bertz CT molecular complexity index is 584. The van der Waals surface area contributed by atoms with E-state index in [9.17, 15) is 0 Å². The molecule has 3 N–H and O–H groups in total. The summed E-state index contributed by atoms with van der Waals surface area (Å²) in [5.74, 6) is 0. The number of benzene rings is 2. The Labute approximate surface area is 144 Å². The molecule has 0 saturated heterocycles. The second-order valence-electron chi connectivity index (χ2n) is 6.01. The average molecular weight is 329 g/mol. The smallest absolute Gasteiger partial charge is 0.166 e. The molecule has 2 aromatic carbocycles. The molecule has 0 aliphatic heterocycles. The van der Waals surface area contributed by atoms with E-state index in [4.69, 9.17) is 12.2 Å². The van der Waals surface area contributed by atoms with Crippen molar-refractivity contribution in [3.05, 3.63) is 71.8 Å². The topological polar surface area (TPSA) is 28.5 Å². The van der Waals surface area contributed by atoms with Crippen molar-refractivity contribution in [3.8, 4) is 0 Å². The van der Waals surface area contributed by atoms with Crippen LogP contribution in [-0.4, -0.2) is 31.8 Å². The third-order valence-electron chi connectivity index (χ3n) is 3.95. The van der Waals surface area contributed by atoms with Crippen molar-refractivity contribution in [1.82, 2.24) is 10.6 Å². The zero-order valence-corrected chi connectivity index (χ0v) is 14.7. The van der Waals surface area contributed by atoms with E-state index < -0.39 is 0 Å². The normalized spacial score (nSPS) is 12.0. The van der Waals surface area contributed by atoms with Crippen molar-refractivity contribution in [2.75, 3.05) is 20.6 Å². The number of quaternary nitrogens is 1. The number of thiocarbonyl (C=S) groups is 1. The van der Waals surface area contributed by atoms with E-state index in [0.29, 0.717) is 11.2 Å². The average Bonchev–Trinajstić information content (AvgIpc) is 2.58. The van der Waals surface area contributed by atoms with Crippen LogP contribution in [0.2, 0.25) is 0 Å². The first-order valence-corrected chi connectivity index (χ1v) is 8.45. The maximum atomic E-state index is 5.39. The lowest BCUT2D eigenvalue weighted by Gasteiger charge is -2.23. The lowest BCUT2D eigenvalue weighted by molar-refractivity contribution is -0.884. The highest BCUT2D eigenvalue weighted by Gasteiger charge is 2.15. The van der Waals surface area contributed by atoms with E-state index in [2.05, 4.69) is 67.2 Å². The van der Waals surface area contributed by atoms with Crippen molar-refractivity contribution in [1.29, 1.82) is 0 Å². The minimum atomic E-state index is 0.480. The summed E-state index contributed by atoms with van der Waals surface area (Å²) < 4.78 is 0. The highest BCUT2D eigenvalue weighted by Crippen LogP contribution is 2.01. The highest BCUT2D eigenvalue weighted by atomic mass is 32.1. The molecule has 1 atom stereocenters. The molecule has 0 aliphatic carbocycles. The summed E-state index contributed by atoms with van der Waals surface area (Å²) in [6.07, 6.45) is 1.04. The van der Waals surface area contributed by atoms with Gasteiger partial charge in [-0.15, -0.1) is 0 Å². The van der Waals surface area contributed by atoms with E-state index in [-0.39, 0.29) is 0 Å². The van der Waals surface area contributed by atoms with Crippen LogP contribution in [0.1, 0.15) is 11.1 Å². The molecule has 23 heavy (non-hydrogen) atoms. The molecule has 0 aromatic heterocycles. The molecule has 2 rings (SSSR count). The fourth-order valence-corrected chi connectivity index (χ4v) is 2.59. The molecule has 122 valence electrons. The summed E-state index contributed by atoms with van der Waals surface area (Å²) in [5, 5.41) is 7.34. The molecule has 4 heteroatoms. The van der Waals surface area contributed by atoms with Gasteiger partial charge in [-0.05, 0) is 23.3 Å². The van der Waals surface area contributed by atoms with Crippen LogP contribution in [0.25, 0.3) is 0 Å². The van der Waals surface area contributed by atoms with Crippen LogP contribution in [0.15, 0.2) is 60.7 Å². The molecule has 0 saturated carbocycles. The Kier molecular flexibility index (Phi) is 7.04. The molecule has 0 spiro atoms. The van der Waals surface area contributed by atoms with Gasteiger partial charge in [0.1, 0.15) is 6.04 Å². The lowest BCUT2D eigenvalue weighted by atomic mass is 10.1. The molecule has 0 aliphatic rings. The summed E-state index contributed by atoms with van der Waals surface area (Å²) in [7, 11) is 4.38. The standard InChI is InChI=1S/C19H25N3S/c1-22(2)18(13-16-9-5-3-6-10-16)15-21-19(23)20-14-17-11-7-4-8-12-17/h3-12,18H,13-15H2,1-2H3,(H2,20,21,23)/p+1/t18-/m1/s1. The molecule has 0 unspecified atom stereocenters. The monoisotopic (exact) mass is 328 g/mol. The Morgan fingerprint density at radius 3 is 2.04 bits per heavy atom. The van der Waals surface area contributed by atoms with Crippen LogP contribution in [-0.2, 0) is 13.0 Å². The fourth-order valence-electron chi connectivity index (χ4n) is 2.44. The number of hydrogen-bond acceptors (Lipinski definition) is 1. The van der Waals surface area contributed by atoms with Gasteiger partial charge in [-0.25, -0.2) is 0 Å². The first-order valence-electron chi connectivity index (χ1n) is 8.04. The zero-order chi connectivity index (χ0) is 16.5. The summed E-state index contributed by atoms with van der Waals surface area (Å²) in [6.45, 7) is 1.61. The Morgan fingerprint density at radius 2 is 1.48 bits per heavy atom. The van der Waals surface area contributed by atoms with Gasteiger partial charge >= 0.3 is 0 Å². The van der Waals surface area contributed by atoms with Crippen molar-refractivity contribution >= 4 is 17.3 Å². The van der Waals surface area contributed by atoms with E-state index >= 15 is 0 Å². The van der Waals surface area contributed by atoms with Crippen molar-refractivity contribution in [2.45, 2.75) is 19.0 Å². The number of nitrogens with one attached hydrogen (secondary N) is 3. The number of rotatable bonds is 7. The van der Waals surface area contributed by atoms with Crippen LogP contribution in [0.3, 0.4) is 0 Å². The third-order valence-corrected chi connectivity index (χ3v) is 4.24. The van der Waals surface area contributed by atoms with Crippen molar-refractivity contribution in [2.24, 2.45) is 0 Å². The van der Waals surface area contributed by atoms with Gasteiger partial charge < -0.3 is 15.5 Å². The molecule has 2 aromatic rings. The van der Waals surface area contributed by atoms with Gasteiger partial charge in [0.25, 0.3) is 0 Å². The van der Waals surface area contributed by atoms with Gasteiger partial charge in [0.15, 0.2) is 5.11 Å². The molecular weight excluding hydrogens is 302 g/mol. The quantitative estimate of drug-likeness (QED) is 0.671. The number of likely N-dealkylation sites (N-methyl/N-ethyl adjacent to an activating group) is 1. The second kappa shape index (κ2) is 9.28. The zero-order valence-electron chi connectivity index (χ0n) is 13.9. The molecular formula is C19H26N3S+. The van der Waals surface area contributed by atoms with E-state index in [1.54, 1.807) is 0 Å². The van der Waals surface area contributed by atoms with E-state index in [1.807, 2.05) is 18.2 Å². The predicted molar refractivity (Wildman–Crippen MR) is 101 cm³/mol. The van der Waals surface area contributed by atoms with Crippen molar-refractivity contribution in [3.63, 3.8) is 0 Å². The molecule has 0 fully saturated rings. The maximum Gasteiger partial charge on any atom is 0.166 e. The SMILES string of the molecule is C[NH+](C)[C@@H](CNC(=S)NCc1ccccc1)Cc1ccccc1. The molecule has 0 bridgehead atoms. The summed E-state index contributed by atoms with van der Waals surface area (Å²) in [4.78, 5) is 1.42. The molecule has 0 radical (unpaired) electrons. The van der Waals surface area contributed by atoms with Gasteiger partial charge in [-0.2, -0.15) is 0 Å². The van der Waals surface area contributed by atoms with Gasteiger partial charge in [0.2, 0.25) is 0 Å². The first kappa shape index (κ1) is 17.4.